The van der Waals surface area contributed by atoms with Gasteiger partial charge in [-0.3, -0.25) is 19.7 Å². The number of fused-ring (bicyclic) bond motifs is 1. The Morgan fingerprint density at radius 3 is 2.42 bits per heavy atom. The van der Waals surface area contributed by atoms with Gasteiger partial charge in [0, 0.05) is 26.3 Å². The van der Waals surface area contributed by atoms with Gasteiger partial charge in [0.05, 0.1) is 11.6 Å². The number of nitrogens with zero attached hydrogens (tertiary/aromatic N) is 2. The van der Waals surface area contributed by atoms with Crippen LogP contribution in [-0.4, -0.2) is 29.7 Å². The quantitative estimate of drug-likeness (QED) is 0.757. The first-order valence-corrected chi connectivity index (χ1v) is 8.64. The summed E-state index contributed by atoms with van der Waals surface area (Å²) in [6.07, 6.45) is 1.66. The maximum Gasteiger partial charge on any atom is 0.329 e. The number of nitrogens with one attached hydrogen (secondary N) is 3. The molecule has 1 aliphatic rings. The number of hydrogen-bond acceptors (Lipinski definition) is 4. The van der Waals surface area contributed by atoms with Crippen molar-refractivity contribution in [3.05, 3.63) is 56.2 Å². The average molecular weight is 357 g/mol. The Balaban J connectivity index is 2.13. The molecular formula is C18H23N5O3. The van der Waals surface area contributed by atoms with Crippen molar-refractivity contribution in [3.63, 3.8) is 0 Å². The van der Waals surface area contributed by atoms with Crippen LogP contribution in [0.15, 0.2) is 33.9 Å². The Labute approximate surface area is 150 Å². The number of unbranched alkanes of at least 4 members (excludes halogenated alkanes) is 1. The van der Waals surface area contributed by atoms with E-state index in [1.165, 1.54) is 4.57 Å². The molecule has 0 aliphatic carbocycles. The number of aromatic amines is 1. The zero-order valence-corrected chi connectivity index (χ0v) is 15.1. The number of carbonyl (C=O) groups is 1. The minimum Gasteiger partial charge on any atom is -0.378 e. The zero-order valence-electron chi connectivity index (χ0n) is 15.1. The van der Waals surface area contributed by atoms with Crippen LogP contribution < -0.4 is 26.8 Å². The standard InChI is InChI=1S/C18H23N5O3/c1-4-5-10-23-15-13(16(24)21-18(23)26)14(19-17(25)20-15)11-6-8-12(9-7-11)22(2)3/h6-9,14H,4-5,10H2,1-3H3,(H2,19,20,25)(H,21,24,26). The predicted octanol–water partition coefficient (Wildman–Crippen LogP) is 1.63. The van der Waals surface area contributed by atoms with E-state index >= 15 is 0 Å². The van der Waals surface area contributed by atoms with Crippen LogP contribution in [0.5, 0.6) is 0 Å². The fourth-order valence-electron chi connectivity index (χ4n) is 3.08. The van der Waals surface area contributed by atoms with Crippen molar-refractivity contribution in [2.75, 3.05) is 24.3 Å². The molecule has 1 unspecified atom stereocenters. The monoisotopic (exact) mass is 357 g/mol. The fraction of sp³-hybridized carbons (Fsp3) is 0.389. The van der Waals surface area contributed by atoms with Crippen molar-refractivity contribution in [2.24, 2.45) is 0 Å². The number of urea groups is 1. The van der Waals surface area contributed by atoms with Gasteiger partial charge in [-0.1, -0.05) is 25.5 Å². The summed E-state index contributed by atoms with van der Waals surface area (Å²) in [5.74, 6) is 0.276. The van der Waals surface area contributed by atoms with E-state index in [9.17, 15) is 14.4 Å². The summed E-state index contributed by atoms with van der Waals surface area (Å²) >= 11 is 0. The molecule has 3 N–H and O–H groups in total. The van der Waals surface area contributed by atoms with Gasteiger partial charge in [-0.05, 0) is 24.1 Å². The summed E-state index contributed by atoms with van der Waals surface area (Å²) < 4.78 is 1.43. The van der Waals surface area contributed by atoms with Crippen LogP contribution in [0.25, 0.3) is 0 Å². The minimum atomic E-state index is -0.618. The number of amides is 2. The fourth-order valence-corrected chi connectivity index (χ4v) is 3.08. The van der Waals surface area contributed by atoms with Gasteiger partial charge in [0.25, 0.3) is 5.56 Å². The van der Waals surface area contributed by atoms with Crippen LogP contribution in [0.4, 0.5) is 16.3 Å². The predicted molar refractivity (Wildman–Crippen MR) is 101 cm³/mol. The first-order valence-electron chi connectivity index (χ1n) is 8.64. The van der Waals surface area contributed by atoms with Gasteiger partial charge >= 0.3 is 11.7 Å². The van der Waals surface area contributed by atoms with E-state index < -0.39 is 23.3 Å². The lowest BCUT2D eigenvalue weighted by Gasteiger charge is -2.28. The van der Waals surface area contributed by atoms with Crippen LogP contribution in [0.1, 0.15) is 36.9 Å². The van der Waals surface area contributed by atoms with Crippen LogP contribution in [0.3, 0.4) is 0 Å². The Morgan fingerprint density at radius 2 is 1.81 bits per heavy atom. The highest BCUT2D eigenvalue weighted by molar-refractivity contribution is 5.92. The molecular weight excluding hydrogens is 334 g/mol. The van der Waals surface area contributed by atoms with Gasteiger partial charge in [0.15, 0.2) is 0 Å². The minimum absolute atomic E-state index is 0.276. The summed E-state index contributed by atoms with van der Waals surface area (Å²) in [4.78, 5) is 41.2. The molecule has 2 heterocycles. The lowest BCUT2D eigenvalue weighted by molar-refractivity contribution is 0.248. The van der Waals surface area contributed by atoms with Crippen molar-refractivity contribution >= 4 is 17.5 Å². The first kappa shape index (κ1) is 17.8. The smallest absolute Gasteiger partial charge is 0.329 e. The average Bonchev–Trinajstić information content (AvgIpc) is 2.60. The Hall–Kier alpha value is -3.03. The van der Waals surface area contributed by atoms with Gasteiger partial charge in [0.1, 0.15) is 5.82 Å². The van der Waals surface area contributed by atoms with Gasteiger partial charge in [-0.25, -0.2) is 9.59 Å². The van der Waals surface area contributed by atoms with E-state index in [4.69, 9.17) is 0 Å². The first-order chi connectivity index (χ1) is 12.4. The SMILES string of the molecule is CCCCn1c2c(c(=O)[nH]c1=O)C(c1ccc(N(C)C)cc1)NC(=O)N2. The number of anilines is 2. The molecule has 1 aromatic heterocycles. The molecule has 0 bridgehead atoms. The summed E-state index contributed by atoms with van der Waals surface area (Å²) in [6, 6.07) is 6.53. The largest absolute Gasteiger partial charge is 0.378 e. The topological polar surface area (TPSA) is 99.2 Å². The lowest BCUT2D eigenvalue weighted by atomic mass is 9.98. The molecule has 138 valence electrons. The highest BCUT2D eigenvalue weighted by Gasteiger charge is 2.31. The van der Waals surface area contributed by atoms with Gasteiger partial charge in [-0.2, -0.15) is 0 Å². The van der Waals surface area contributed by atoms with E-state index in [-0.39, 0.29) is 5.82 Å². The Morgan fingerprint density at radius 1 is 1.12 bits per heavy atom. The van der Waals surface area contributed by atoms with Crippen molar-refractivity contribution in [2.45, 2.75) is 32.4 Å². The second-order valence-electron chi connectivity index (χ2n) is 6.54. The van der Waals surface area contributed by atoms with E-state index in [0.29, 0.717) is 12.1 Å². The molecule has 2 amide bonds. The highest BCUT2D eigenvalue weighted by atomic mass is 16.2. The molecule has 8 nitrogen and oxygen atoms in total. The third kappa shape index (κ3) is 3.22. The normalized spacial score (nSPS) is 15.8. The number of benzene rings is 1. The van der Waals surface area contributed by atoms with Crippen LogP contribution in [-0.2, 0) is 6.54 Å². The maximum atomic E-state index is 12.5. The molecule has 1 aromatic carbocycles. The molecule has 0 saturated heterocycles. The van der Waals surface area contributed by atoms with E-state index in [2.05, 4.69) is 15.6 Å². The number of hydrogen-bond donors (Lipinski definition) is 3. The third-order valence-electron chi connectivity index (χ3n) is 4.51. The zero-order chi connectivity index (χ0) is 18.8. The van der Waals surface area contributed by atoms with Crippen molar-refractivity contribution in [1.29, 1.82) is 0 Å². The molecule has 3 rings (SSSR count). The van der Waals surface area contributed by atoms with Crippen LogP contribution in [0, 0.1) is 0 Å². The van der Waals surface area contributed by atoms with Crippen LogP contribution >= 0.6 is 0 Å². The highest BCUT2D eigenvalue weighted by Crippen LogP contribution is 2.29. The van der Waals surface area contributed by atoms with Gasteiger partial charge in [0.2, 0.25) is 0 Å². The summed E-state index contributed by atoms with van der Waals surface area (Å²) in [5.41, 5.74) is 1.13. The second-order valence-corrected chi connectivity index (χ2v) is 6.54. The van der Waals surface area contributed by atoms with Crippen molar-refractivity contribution in [1.82, 2.24) is 14.9 Å². The summed E-state index contributed by atoms with van der Waals surface area (Å²) in [5, 5.41) is 5.42. The molecule has 0 fully saturated rings. The molecule has 26 heavy (non-hydrogen) atoms. The van der Waals surface area contributed by atoms with Crippen LogP contribution in [0.2, 0.25) is 0 Å². The summed E-state index contributed by atoms with van der Waals surface area (Å²) in [7, 11) is 3.88. The summed E-state index contributed by atoms with van der Waals surface area (Å²) in [6.45, 7) is 2.44. The number of rotatable bonds is 5. The Bertz CT molecular complexity index is 927. The lowest BCUT2D eigenvalue weighted by Crippen LogP contribution is -2.46. The molecule has 1 aliphatic heterocycles. The van der Waals surface area contributed by atoms with Gasteiger partial charge in [-0.15, -0.1) is 0 Å². The molecule has 0 radical (unpaired) electrons. The molecule has 0 saturated carbocycles. The second kappa shape index (κ2) is 7.07. The third-order valence-corrected chi connectivity index (χ3v) is 4.51. The maximum absolute atomic E-state index is 12.5. The van der Waals surface area contributed by atoms with Crippen molar-refractivity contribution < 1.29 is 4.79 Å². The van der Waals surface area contributed by atoms with E-state index in [1.54, 1.807) is 0 Å². The molecule has 0 spiro atoms. The van der Waals surface area contributed by atoms with E-state index in [1.807, 2.05) is 50.2 Å². The number of H-pyrrole nitrogens is 1. The Kier molecular flexibility index (Phi) is 4.83. The number of carbonyl (C=O) groups excluding carboxylic acids is 1. The van der Waals surface area contributed by atoms with Gasteiger partial charge < -0.3 is 10.2 Å². The molecule has 1 atom stereocenters. The molecule has 8 heteroatoms. The molecule has 2 aromatic rings. The number of aromatic nitrogens is 2. The van der Waals surface area contributed by atoms with E-state index in [0.717, 1.165) is 24.1 Å². The van der Waals surface area contributed by atoms with Crippen molar-refractivity contribution in [3.8, 4) is 0 Å².